The molecule has 18 heavy (non-hydrogen) atoms. The van der Waals surface area contributed by atoms with Crippen molar-refractivity contribution in [1.29, 1.82) is 0 Å². The first kappa shape index (κ1) is 12.4. The Balaban J connectivity index is 2.43. The molecule has 0 spiro atoms. The van der Waals surface area contributed by atoms with Crippen molar-refractivity contribution < 1.29 is 9.90 Å². The van der Waals surface area contributed by atoms with E-state index in [0.717, 1.165) is 5.56 Å². The van der Waals surface area contributed by atoms with E-state index in [1.165, 1.54) is 11.4 Å². The number of aromatic carboxylic acids is 1. The first-order chi connectivity index (χ1) is 8.50. The highest BCUT2D eigenvalue weighted by atomic mass is 16.4. The summed E-state index contributed by atoms with van der Waals surface area (Å²) in [6.45, 7) is 6.20. The van der Waals surface area contributed by atoms with Gasteiger partial charge in [-0.3, -0.25) is 0 Å². The van der Waals surface area contributed by atoms with Crippen molar-refractivity contribution in [3.8, 4) is 0 Å². The molecule has 0 aliphatic heterocycles. The van der Waals surface area contributed by atoms with Crippen molar-refractivity contribution in [1.82, 2.24) is 4.57 Å². The average Bonchev–Trinajstić information content (AvgIpc) is 2.68. The number of benzene rings is 1. The topological polar surface area (TPSA) is 42.2 Å². The summed E-state index contributed by atoms with van der Waals surface area (Å²) in [5.74, 6) is -0.884. The Kier molecular flexibility index (Phi) is 3.24. The first-order valence-electron chi connectivity index (χ1n) is 5.98. The van der Waals surface area contributed by atoms with E-state index in [2.05, 4.69) is 37.5 Å². The number of rotatable bonds is 3. The van der Waals surface area contributed by atoms with E-state index in [1.807, 2.05) is 6.07 Å². The molecule has 0 aliphatic carbocycles. The minimum atomic E-state index is -0.884. The van der Waals surface area contributed by atoms with E-state index in [4.69, 9.17) is 5.11 Å². The summed E-state index contributed by atoms with van der Waals surface area (Å²) in [6, 6.07) is 11.4. The summed E-state index contributed by atoms with van der Waals surface area (Å²) in [5.41, 5.74) is 3.71. The third-order valence-corrected chi connectivity index (χ3v) is 3.33. The normalized spacial score (nSPS) is 12.4. The van der Waals surface area contributed by atoms with Gasteiger partial charge in [0.25, 0.3) is 0 Å². The number of aromatic nitrogens is 1. The van der Waals surface area contributed by atoms with Gasteiger partial charge in [-0.25, -0.2) is 4.79 Å². The zero-order valence-electron chi connectivity index (χ0n) is 10.8. The molecule has 3 heteroatoms. The Labute approximate surface area is 107 Å². The molecule has 1 unspecified atom stereocenters. The van der Waals surface area contributed by atoms with Gasteiger partial charge in [0.15, 0.2) is 0 Å². The fourth-order valence-electron chi connectivity index (χ4n) is 2.37. The molecule has 1 heterocycles. The van der Waals surface area contributed by atoms with Crippen LogP contribution in [0.25, 0.3) is 0 Å². The largest absolute Gasteiger partial charge is 0.478 e. The van der Waals surface area contributed by atoms with Crippen LogP contribution in [0, 0.1) is 13.8 Å². The number of carboxylic acid groups (broad SMARTS) is 1. The molecule has 0 aliphatic rings. The van der Waals surface area contributed by atoms with Gasteiger partial charge in [0, 0.05) is 11.4 Å². The number of aryl methyl sites for hydroxylation is 2. The molecular weight excluding hydrogens is 226 g/mol. The van der Waals surface area contributed by atoms with Gasteiger partial charge in [0.05, 0.1) is 11.6 Å². The SMILES string of the molecule is Cc1ccc(C)n1C(C)c1cccc(C(=O)O)c1. The summed E-state index contributed by atoms with van der Waals surface area (Å²) >= 11 is 0. The predicted octanol–water partition coefficient (Wildman–Crippen LogP) is 3.41. The highest BCUT2D eigenvalue weighted by molar-refractivity contribution is 5.87. The van der Waals surface area contributed by atoms with Crippen molar-refractivity contribution in [2.24, 2.45) is 0 Å². The van der Waals surface area contributed by atoms with Crippen LogP contribution >= 0.6 is 0 Å². The van der Waals surface area contributed by atoms with E-state index in [1.54, 1.807) is 18.2 Å². The molecule has 1 N–H and O–H groups in total. The number of hydrogen-bond donors (Lipinski definition) is 1. The summed E-state index contributed by atoms with van der Waals surface area (Å²) < 4.78 is 2.21. The Morgan fingerprint density at radius 3 is 2.33 bits per heavy atom. The molecule has 94 valence electrons. The van der Waals surface area contributed by atoms with Crippen LogP contribution in [0.5, 0.6) is 0 Å². The van der Waals surface area contributed by atoms with Crippen LogP contribution in [0.3, 0.4) is 0 Å². The van der Waals surface area contributed by atoms with E-state index >= 15 is 0 Å². The molecule has 3 nitrogen and oxygen atoms in total. The Morgan fingerprint density at radius 2 is 1.78 bits per heavy atom. The van der Waals surface area contributed by atoms with Gasteiger partial charge >= 0.3 is 5.97 Å². The molecule has 1 aromatic carbocycles. The predicted molar refractivity (Wildman–Crippen MR) is 71.1 cm³/mol. The van der Waals surface area contributed by atoms with Gasteiger partial charge in [-0.05, 0) is 50.6 Å². The smallest absolute Gasteiger partial charge is 0.335 e. The maximum atomic E-state index is 11.0. The van der Waals surface area contributed by atoms with Crippen LogP contribution in [0.2, 0.25) is 0 Å². The van der Waals surface area contributed by atoms with Crippen LogP contribution in [0.15, 0.2) is 36.4 Å². The van der Waals surface area contributed by atoms with E-state index in [-0.39, 0.29) is 6.04 Å². The number of nitrogens with zero attached hydrogens (tertiary/aromatic N) is 1. The summed E-state index contributed by atoms with van der Waals surface area (Å²) in [4.78, 5) is 11.0. The number of carboxylic acids is 1. The summed E-state index contributed by atoms with van der Waals surface area (Å²) in [6.07, 6.45) is 0. The lowest BCUT2D eigenvalue weighted by atomic mass is 10.0. The van der Waals surface area contributed by atoms with Gasteiger partial charge in [0.2, 0.25) is 0 Å². The fraction of sp³-hybridized carbons (Fsp3) is 0.267. The fourth-order valence-corrected chi connectivity index (χ4v) is 2.37. The molecule has 2 aromatic rings. The van der Waals surface area contributed by atoms with Crippen molar-refractivity contribution in [3.63, 3.8) is 0 Å². The molecule has 1 aromatic heterocycles. The second-order valence-electron chi connectivity index (χ2n) is 4.59. The molecule has 2 rings (SSSR count). The van der Waals surface area contributed by atoms with Crippen LogP contribution < -0.4 is 0 Å². The van der Waals surface area contributed by atoms with Gasteiger partial charge < -0.3 is 9.67 Å². The number of carbonyl (C=O) groups is 1. The van der Waals surface area contributed by atoms with Crippen molar-refractivity contribution in [2.75, 3.05) is 0 Å². The van der Waals surface area contributed by atoms with E-state index in [9.17, 15) is 4.79 Å². The molecular formula is C15H17NO2. The van der Waals surface area contributed by atoms with Gasteiger partial charge in [-0.1, -0.05) is 12.1 Å². The maximum Gasteiger partial charge on any atom is 0.335 e. The monoisotopic (exact) mass is 243 g/mol. The molecule has 0 saturated carbocycles. The first-order valence-corrected chi connectivity index (χ1v) is 5.98. The van der Waals surface area contributed by atoms with Gasteiger partial charge in [-0.15, -0.1) is 0 Å². The third-order valence-electron chi connectivity index (χ3n) is 3.33. The second-order valence-corrected chi connectivity index (χ2v) is 4.59. The molecule has 0 bridgehead atoms. The van der Waals surface area contributed by atoms with Gasteiger partial charge in [-0.2, -0.15) is 0 Å². The molecule has 0 radical (unpaired) electrons. The molecule has 0 amide bonds. The molecule has 0 fully saturated rings. The van der Waals surface area contributed by atoms with Crippen LogP contribution in [0.1, 0.15) is 40.3 Å². The lowest BCUT2D eigenvalue weighted by molar-refractivity contribution is 0.0696. The highest BCUT2D eigenvalue weighted by Crippen LogP contribution is 2.23. The minimum Gasteiger partial charge on any atom is -0.478 e. The van der Waals surface area contributed by atoms with E-state index in [0.29, 0.717) is 5.56 Å². The number of hydrogen-bond acceptors (Lipinski definition) is 1. The quantitative estimate of drug-likeness (QED) is 0.897. The third kappa shape index (κ3) is 2.16. The van der Waals surface area contributed by atoms with Gasteiger partial charge in [0.1, 0.15) is 0 Å². The zero-order valence-corrected chi connectivity index (χ0v) is 10.8. The minimum absolute atomic E-state index is 0.138. The van der Waals surface area contributed by atoms with E-state index < -0.39 is 5.97 Å². The zero-order chi connectivity index (χ0) is 13.3. The lowest BCUT2D eigenvalue weighted by Gasteiger charge is -2.19. The standard InChI is InChI=1S/C15H17NO2/c1-10-7-8-11(2)16(10)12(3)13-5-4-6-14(9-13)15(17)18/h4-9,12H,1-3H3,(H,17,18). The van der Waals surface area contributed by atoms with Crippen LogP contribution in [0.4, 0.5) is 0 Å². The molecule has 0 saturated heterocycles. The Morgan fingerprint density at radius 1 is 1.17 bits per heavy atom. The van der Waals surface area contributed by atoms with Crippen molar-refractivity contribution in [2.45, 2.75) is 26.8 Å². The van der Waals surface area contributed by atoms with Crippen molar-refractivity contribution in [3.05, 3.63) is 58.9 Å². The van der Waals surface area contributed by atoms with Crippen LogP contribution in [-0.4, -0.2) is 15.6 Å². The Hall–Kier alpha value is -2.03. The Bertz CT molecular complexity index is 564. The average molecular weight is 243 g/mol. The summed E-state index contributed by atoms with van der Waals surface area (Å²) in [5, 5.41) is 9.02. The van der Waals surface area contributed by atoms with Crippen molar-refractivity contribution >= 4 is 5.97 Å². The lowest BCUT2D eigenvalue weighted by Crippen LogP contribution is -2.10. The second kappa shape index (κ2) is 4.69. The summed E-state index contributed by atoms with van der Waals surface area (Å²) in [7, 11) is 0. The van der Waals surface area contributed by atoms with Crippen LogP contribution in [-0.2, 0) is 0 Å². The maximum absolute atomic E-state index is 11.0. The highest BCUT2D eigenvalue weighted by Gasteiger charge is 2.13. The molecule has 1 atom stereocenters.